The number of nitrogens with one attached hydrogen (secondary N) is 1. The summed E-state index contributed by atoms with van der Waals surface area (Å²) in [4.78, 5) is 12.4. The molecule has 1 atom stereocenters. The van der Waals surface area contributed by atoms with E-state index in [4.69, 9.17) is 32.7 Å². The van der Waals surface area contributed by atoms with E-state index < -0.39 is 0 Å². The fourth-order valence-corrected chi connectivity index (χ4v) is 2.55. The molecule has 0 saturated carbocycles. The highest BCUT2D eigenvalue weighted by Crippen LogP contribution is 2.30. The van der Waals surface area contributed by atoms with Crippen LogP contribution in [0, 0.1) is 0 Å². The van der Waals surface area contributed by atoms with Crippen LogP contribution >= 0.6 is 23.2 Å². The van der Waals surface area contributed by atoms with Crippen molar-refractivity contribution in [2.24, 2.45) is 0 Å². The summed E-state index contributed by atoms with van der Waals surface area (Å²) in [5.41, 5.74) is 1.22. The number of amides is 1. The average Bonchev–Trinajstić information content (AvgIpc) is 2.56. The summed E-state index contributed by atoms with van der Waals surface area (Å²) in [5.74, 6) is 0.944. The van der Waals surface area contributed by atoms with Gasteiger partial charge < -0.3 is 14.8 Å². The highest BCUT2D eigenvalue weighted by Gasteiger charge is 2.17. The largest absolute Gasteiger partial charge is 0.493 e. The van der Waals surface area contributed by atoms with Crippen molar-refractivity contribution < 1.29 is 14.3 Å². The van der Waals surface area contributed by atoms with E-state index in [1.54, 1.807) is 38.5 Å². The minimum absolute atomic E-state index is 0.239. The number of rotatable bonds is 5. The number of hydrogen-bond donors (Lipinski definition) is 1. The molecule has 0 aromatic heterocycles. The van der Waals surface area contributed by atoms with Crippen LogP contribution in [0.5, 0.6) is 11.5 Å². The maximum absolute atomic E-state index is 12.4. The summed E-state index contributed by atoms with van der Waals surface area (Å²) in [7, 11) is 3.14. The summed E-state index contributed by atoms with van der Waals surface area (Å²) in [5, 5.41) is 3.48. The Hall–Kier alpha value is -1.91. The highest BCUT2D eigenvalue weighted by atomic mass is 35.5. The van der Waals surface area contributed by atoms with Gasteiger partial charge in [-0.25, -0.2) is 0 Å². The highest BCUT2D eigenvalue weighted by molar-refractivity contribution is 6.43. The molecule has 2 aromatic carbocycles. The SMILES string of the molecule is COc1ccc(C(C)NC(=O)c2cccc(Cl)c2Cl)cc1OC. The van der Waals surface area contributed by atoms with E-state index >= 15 is 0 Å². The van der Waals surface area contributed by atoms with E-state index in [9.17, 15) is 4.79 Å². The first-order valence-electron chi connectivity index (χ1n) is 6.94. The van der Waals surface area contributed by atoms with E-state index in [0.717, 1.165) is 5.56 Å². The van der Waals surface area contributed by atoms with Crippen LogP contribution in [0.3, 0.4) is 0 Å². The lowest BCUT2D eigenvalue weighted by Gasteiger charge is -2.17. The molecule has 4 nitrogen and oxygen atoms in total. The van der Waals surface area contributed by atoms with Gasteiger partial charge in [0.05, 0.1) is 35.9 Å². The number of carbonyl (C=O) groups is 1. The second-order valence-corrected chi connectivity index (χ2v) is 5.70. The number of methoxy groups -OCH3 is 2. The van der Waals surface area contributed by atoms with Gasteiger partial charge in [-0.05, 0) is 36.8 Å². The molecule has 1 amide bonds. The van der Waals surface area contributed by atoms with Crippen molar-refractivity contribution in [2.45, 2.75) is 13.0 Å². The molecule has 0 fully saturated rings. The third-order valence-electron chi connectivity index (χ3n) is 3.45. The zero-order chi connectivity index (χ0) is 17.0. The molecule has 0 radical (unpaired) electrons. The number of ether oxygens (including phenoxy) is 2. The van der Waals surface area contributed by atoms with Gasteiger partial charge in [0.15, 0.2) is 11.5 Å². The fourth-order valence-electron chi connectivity index (χ4n) is 2.16. The normalized spacial score (nSPS) is 11.7. The maximum atomic E-state index is 12.4. The minimum atomic E-state index is -0.292. The molecule has 0 aliphatic heterocycles. The zero-order valence-electron chi connectivity index (χ0n) is 13.0. The lowest BCUT2D eigenvalue weighted by molar-refractivity contribution is 0.0940. The molecule has 1 N–H and O–H groups in total. The van der Waals surface area contributed by atoms with Crippen molar-refractivity contribution >= 4 is 29.1 Å². The summed E-state index contributed by atoms with van der Waals surface area (Å²) < 4.78 is 10.5. The fraction of sp³-hybridized carbons (Fsp3) is 0.235. The molecule has 0 aliphatic carbocycles. The lowest BCUT2D eigenvalue weighted by Crippen LogP contribution is -2.27. The van der Waals surface area contributed by atoms with Crippen LogP contribution in [0.4, 0.5) is 0 Å². The Morgan fingerprint density at radius 1 is 1.09 bits per heavy atom. The number of hydrogen-bond acceptors (Lipinski definition) is 3. The zero-order valence-corrected chi connectivity index (χ0v) is 14.5. The first-order chi connectivity index (χ1) is 11.0. The molecule has 122 valence electrons. The third kappa shape index (κ3) is 3.89. The number of carbonyl (C=O) groups excluding carboxylic acids is 1. The van der Waals surface area contributed by atoms with E-state index in [1.807, 2.05) is 19.1 Å². The van der Waals surface area contributed by atoms with Gasteiger partial charge in [-0.2, -0.15) is 0 Å². The van der Waals surface area contributed by atoms with Gasteiger partial charge in [0, 0.05) is 0 Å². The third-order valence-corrected chi connectivity index (χ3v) is 4.27. The Kier molecular flexibility index (Phi) is 5.74. The smallest absolute Gasteiger partial charge is 0.253 e. The van der Waals surface area contributed by atoms with Crippen molar-refractivity contribution in [2.75, 3.05) is 14.2 Å². The lowest BCUT2D eigenvalue weighted by atomic mass is 10.1. The Bertz CT molecular complexity index is 719. The summed E-state index contributed by atoms with van der Waals surface area (Å²) >= 11 is 12.0. The van der Waals surface area contributed by atoms with Crippen LogP contribution in [0.1, 0.15) is 28.9 Å². The average molecular weight is 354 g/mol. The molecule has 0 bridgehead atoms. The van der Waals surface area contributed by atoms with Crippen LogP contribution in [-0.2, 0) is 0 Å². The Labute approximate surface area is 145 Å². The van der Waals surface area contributed by atoms with Crippen LogP contribution in [-0.4, -0.2) is 20.1 Å². The van der Waals surface area contributed by atoms with Gasteiger partial charge in [-0.3, -0.25) is 4.79 Å². The van der Waals surface area contributed by atoms with Crippen LogP contribution in [0.2, 0.25) is 10.0 Å². The molecule has 6 heteroatoms. The van der Waals surface area contributed by atoms with Crippen molar-refractivity contribution in [1.29, 1.82) is 0 Å². The number of halogens is 2. The molecule has 0 saturated heterocycles. The van der Waals surface area contributed by atoms with Crippen molar-refractivity contribution in [3.63, 3.8) is 0 Å². The maximum Gasteiger partial charge on any atom is 0.253 e. The van der Waals surface area contributed by atoms with E-state index in [2.05, 4.69) is 5.32 Å². The van der Waals surface area contributed by atoms with Gasteiger partial charge in [-0.15, -0.1) is 0 Å². The quantitative estimate of drug-likeness (QED) is 0.860. The van der Waals surface area contributed by atoms with Gasteiger partial charge in [0.1, 0.15) is 0 Å². The monoisotopic (exact) mass is 353 g/mol. The summed E-state index contributed by atoms with van der Waals surface area (Å²) in [6, 6.07) is 10.2. The predicted octanol–water partition coefficient (Wildman–Crippen LogP) is 4.50. The summed E-state index contributed by atoms with van der Waals surface area (Å²) in [6.45, 7) is 1.87. The van der Waals surface area contributed by atoms with Crippen LogP contribution < -0.4 is 14.8 Å². The standard InChI is InChI=1S/C17H17Cl2NO3/c1-10(11-7-8-14(22-2)15(9-11)23-3)20-17(21)12-5-4-6-13(18)16(12)19/h4-10H,1-3H3,(H,20,21). The van der Waals surface area contributed by atoms with Gasteiger partial charge in [0.2, 0.25) is 0 Å². The summed E-state index contributed by atoms with van der Waals surface area (Å²) in [6.07, 6.45) is 0. The van der Waals surface area contributed by atoms with Gasteiger partial charge >= 0.3 is 0 Å². The molecule has 2 aromatic rings. The first-order valence-corrected chi connectivity index (χ1v) is 7.70. The van der Waals surface area contributed by atoms with Crippen LogP contribution in [0.15, 0.2) is 36.4 Å². The van der Waals surface area contributed by atoms with E-state index in [0.29, 0.717) is 22.1 Å². The molecule has 1 unspecified atom stereocenters. The topological polar surface area (TPSA) is 47.6 Å². The minimum Gasteiger partial charge on any atom is -0.493 e. The molecule has 0 spiro atoms. The predicted molar refractivity (Wildman–Crippen MR) is 91.9 cm³/mol. The van der Waals surface area contributed by atoms with Crippen molar-refractivity contribution in [1.82, 2.24) is 5.32 Å². The molecule has 0 heterocycles. The Morgan fingerprint density at radius 3 is 2.43 bits per heavy atom. The second kappa shape index (κ2) is 7.57. The van der Waals surface area contributed by atoms with E-state index in [1.165, 1.54) is 0 Å². The molecule has 2 rings (SSSR count). The van der Waals surface area contributed by atoms with Crippen molar-refractivity contribution in [3.05, 3.63) is 57.6 Å². The Balaban J connectivity index is 2.20. The Morgan fingerprint density at radius 2 is 1.78 bits per heavy atom. The molecule has 23 heavy (non-hydrogen) atoms. The molecular weight excluding hydrogens is 337 g/mol. The second-order valence-electron chi connectivity index (χ2n) is 4.91. The first kappa shape index (κ1) is 17.4. The van der Waals surface area contributed by atoms with Gasteiger partial charge in [-0.1, -0.05) is 35.3 Å². The van der Waals surface area contributed by atoms with Gasteiger partial charge in [0.25, 0.3) is 5.91 Å². The van der Waals surface area contributed by atoms with Crippen molar-refractivity contribution in [3.8, 4) is 11.5 Å². The number of benzene rings is 2. The molecular formula is C17H17Cl2NO3. The van der Waals surface area contributed by atoms with Crippen LogP contribution in [0.25, 0.3) is 0 Å². The molecule has 0 aliphatic rings. The van der Waals surface area contributed by atoms with E-state index in [-0.39, 0.29) is 17.0 Å².